The molecular weight excluding hydrogens is 264 g/mol. The zero-order chi connectivity index (χ0) is 15.1. The molecule has 122 valence electrons. The maximum absolute atomic E-state index is 12.2. The van der Waals surface area contributed by atoms with E-state index in [1.165, 1.54) is 32.1 Å². The summed E-state index contributed by atoms with van der Waals surface area (Å²) in [5.74, 6) is 0.737. The summed E-state index contributed by atoms with van der Waals surface area (Å²) in [6.45, 7) is 3.99. The lowest BCUT2D eigenvalue weighted by molar-refractivity contribution is -0.133. The molecule has 1 saturated heterocycles. The number of nitrogens with zero attached hydrogens (tertiary/aromatic N) is 1. The summed E-state index contributed by atoms with van der Waals surface area (Å²) >= 11 is 0. The third kappa shape index (κ3) is 5.26. The van der Waals surface area contributed by atoms with Gasteiger partial charge in [-0.25, -0.2) is 0 Å². The topological polar surface area (TPSA) is 52.6 Å². The van der Waals surface area contributed by atoms with E-state index >= 15 is 0 Å². The molecule has 1 amide bonds. The van der Waals surface area contributed by atoms with Crippen LogP contribution in [-0.4, -0.2) is 47.7 Å². The summed E-state index contributed by atoms with van der Waals surface area (Å²) in [7, 11) is 0. The van der Waals surface area contributed by atoms with Crippen LogP contribution in [0.3, 0.4) is 0 Å². The molecule has 0 spiro atoms. The molecule has 2 fully saturated rings. The number of hydrogen-bond acceptors (Lipinski definition) is 3. The van der Waals surface area contributed by atoms with Crippen LogP contribution in [0, 0.1) is 5.92 Å². The third-order valence-corrected chi connectivity index (χ3v) is 4.97. The van der Waals surface area contributed by atoms with E-state index in [4.69, 9.17) is 0 Å². The fourth-order valence-electron chi connectivity index (χ4n) is 3.89. The van der Waals surface area contributed by atoms with Crippen molar-refractivity contribution >= 4 is 5.91 Å². The van der Waals surface area contributed by atoms with E-state index in [9.17, 15) is 9.90 Å². The third-order valence-electron chi connectivity index (χ3n) is 4.97. The predicted octanol–water partition coefficient (Wildman–Crippen LogP) is 2.31. The lowest BCUT2D eigenvalue weighted by Crippen LogP contribution is -2.53. The fraction of sp³-hybridized carbons (Fsp3) is 0.941. The number of rotatable bonds is 6. The molecule has 2 N–H and O–H groups in total. The highest BCUT2D eigenvalue weighted by Gasteiger charge is 2.30. The largest absolute Gasteiger partial charge is 0.396 e. The van der Waals surface area contributed by atoms with E-state index in [1.807, 2.05) is 4.90 Å². The van der Waals surface area contributed by atoms with Crippen LogP contribution in [-0.2, 0) is 4.79 Å². The van der Waals surface area contributed by atoms with Gasteiger partial charge >= 0.3 is 0 Å². The molecule has 2 atom stereocenters. The molecule has 21 heavy (non-hydrogen) atoms. The molecular formula is C17H32N2O2. The van der Waals surface area contributed by atoms with E-state index in [0.717, 1.165) is 32.4 Å². The Balaban J connectivity index is 1.90. The highest BCUT2D eigenvalue weighted by molar-refractivity contribution is 5.76. The number of likely N-dealkylation sites (tertiary alicyclic amines) is 1. The summed E-state index contributed by atoms with van der Waals surface area (Å²) in [5.41, 5.74) is 0. The molecule has 1 aliphatic heterocycles. The van der Waals surface area contributed by atoms with Gasteiger partial charge in [0.25, 0.3) is 0 Å². The minimum absolute atomic E-state index is 0.233. The molecule has 2 rings (SSSR count). The van der Waals surface area contributed by atoms with Crippen molar-refractivity contribution in [2.45, 2.75) is 76.8 Å². The Kier molecular flexibility index (Phi) is 6.97. The first-order valence-corrected chi connectivity index (χ1v) is 8.87. The van der Waals surface area contributed by atoms with Gasteiger partial charge in [0.15, 0.2) is 0 Å². The Hall–Kier alpha value is -0.610. The molecule has 0 radical (unpaired) electrons. The summed E-state index contributed by atoms with van der Waals surface area (Å²) in [5, 5.41) is 13.0. The standard InChI is InChI=1S/C17H32N2O2/c1-2-6-17(21)19-12-14(9-10-20)11-16(13-19)18-15-7-4-3-5-8-15/h14-16,18,20H,2-13H2,1H3. The Morgan fingerprint density at radius 2 is 1.95 bits per heavy atom. The van der Waals surface area contributed by atoms with E-state index in [2.05, 4.69) is 12.2 Å². The summed E-state index contributed by atoms with van der Waals surface area (Å²) in [6.07, 6.45) is 10.1. The Bertz CT molecular complexity index is 316. The zero-order valence-corrected chi connectivity index (χ0v) is 13.5. The first kappa shape index (κ1) is 16.8. The minimum Gasteiger partial charge on any atom is -0.396 e. The van der Waals surface area contributed by atoms with E-state index < -0.39 is 0 Å². The fourth-order valence-corrected chi connectivity index (χ4v) is 3.89. The number of amides is 1. The first-order valence-electron chi connectivity index (χ1n) is 8.87. The number of nitrogens with one attached hydrogen (secondary N) is 1. The maximum Gasteiger partial charge on any atom is 0.222 e. The van der Waals surface area contributed by atoms with E-state index in [0.29, 0.717) is 24.4 Å². The van der Waals surface area contributed by atoms with Gasteiger partial charge in [-0.15, -0.1) is 0 Å². The van der Waals surface area contributed by atoms with Gasteiger partial charge in [-0.2, -0.15) is 0 Å². The molecule has 0 aromatic heterocycles. The summed E-state index contributed by atoms with van der Waals surface area (Å²) < 4.78 is 0. The monoisotopic (exact) mass is 296 g/mol. The van der Waals surface area contributed by atoms with Crippen molar-refractivity contribution in [3.63, 3.8) is 0 Å². The number of piperidine rings is 1. The predicted molar refractivity (Wildman–Crippen MR) is 85.1 cm³/mol. The second kappa shape index (κ2) is 8.74. The van der Waals surface area contributed by atoms with Crippen molar-refractivity contribution in [2.75, 3.05) is 19.7 Å². The molecule has 4 heteroatoms. The molecule has 2 unspecified atom stereocenters. The molecule has 1 aliphatic carbocycles. The summed E-state index contributed by atoms with van der Waals surface area (Å²) in [6, 6.07) is 1.05. The molecule has 1 heterocycles. The highest BCUT2D eigenvalue weighted by atomic mass is 16.3. The van der Waals surface area contributed by atoms with Crippen molar-refractivity contribution in [3.8, 4) is 0 Å². The van der Waals surface area contributed by atoms with Gasteiger partial charge in [0, 0.05) is 38.2 Å². The van der Waals surface area contributed by atoms with Gasteiger partial charge in [0.2, 0.25) is 5.91 Å². The maximum atomic E-state index is 12.2. The Labute approximate surface area is 129 Å². The van der Waals surface area contributed by atoms with Crippen LogP contribution in [0.5, 0.6) is 0 Å². The number of carbonyl (C=O) groups is 1. The van der Waals surface area contributed by atoms with Crippen LogP contribution in [0.2, 0.25) is 0 Å². The van der Waals surface area contributed by atoms with Gasteiger partial charge in [-0.1, -0.05) is 26.2 Å². The number of aliphatic hydroxyl groups excluding tert-OH is 1. The van der Waals surface area contributed by atoms with Gasteiger partial charge in [0.05, 0.1) is 0 Å². The number of aliphatic hydroxyl groups is 1. The van der Waals surface area contributed by atoms with Crippen molar-refractivity contribution in [2.24, 2.45) is 5.92 Å². The quantitative estimate of drug-likeness (QED) is 0.791. The van der Waals surface area contributed by atoms with Crippen LogP contribution in [0.1, 0.15) is 64.7 Å². The smallest absolute Gasteiger partial charge is 0.222 e. The van der Waals surface area contributed by atoms with Crippen LogP contribution in [0.15, 0.2) is 0 Å². The molecule has 4 nitrogen and oxygen atoms in total. The summed E-state index contributed by atoms with van der Waals surface area (Å²) in [4.78, 5) is 14.3. The zero-order valence-electron chi connectivity index (χ0n) is 13.5. The lowest BCUT2D eigenvalue weighted by Gasteiger charge is -2.40. The van der Waals surface area contributed by atoms with Gasteiger partial charge in [-0.05, 0) is 38.0 Å². The van der Waals surface area contributed by atoms with E-state index in [1.54, 1.807) is 0 Å². The Morgan fingerprint density at radius 3 is 2.62 bits per heavy atom. The van der Waals surface area contributed by atoms with Gasteiger partial charge in [-0.3, -0.25) is 4.79 Å². The molecule has 0 bridgehead atoms. The van der Waals surface area contributed by atoms with Crippen molar-refractivity contribution in [1.82, 2.24) is 10.2 Å². The molecule has 1 saturated carbocycles. The first-order chi connectivity index (χ1) is 10.2. The van der Waals surface area contributed by atoms with Crippen LogP contribution in [0.4, 0.5) is 0 Å². The normalized spacial score (nSPS) is 27.8. The second-order valence-electron chi connectivity index (χ2n) is 6.86. The number of carbonyl (C=O) groups excluding carboxylic acids is 1. The van der Waals surface area contributed by atoms with Crippen LogP contribution >= 0.6 is 0 Å². The average molecular weight is 296 g/mol. The molecule has 2 aliphatic rings. The van der Waals surface area contributed by atoms with Crippen molar-refractivity contribution in [1.29, 1.82) is 0 Å². The second-order valence-corrected chi connectivity index (χ2v) is 6.86. The minimum atomic E-state index is 0.233. The lowest BCUT2D eigenvalue weighted by atomic mass is 9.89. The highest BCUT2D eigenvalue weighted by Crippen LogP contribution is 2.24. The van der Waals surface area contributed by atoms with E-state index in [-0.39, 0.29) is 12.5 Å². The van der Waals surface area contributed by atoms with Crippen LogP contribution < -0.4 is 5.32 Å². The molecule has 0 aromatic carbocycles. The van der Waals surface area contributed by atoms with Gasteiger partial charge < -0.3 is 15.3 Å². The Morgan fingerprint density at radius 1 is 1.19 bits per heavy atom. The van der Waals surface area contributed by atoms with Gasteiger partial charge in [0.1, 0.15) is 0 Å². The van der Waals surface area contributed by atoms with Crippen LogP contribution in [0.25, 0.3) is 0 Å². The SMILES string of the molecule is CCCC(=O)N1CC(CCO)CC(NC2CCCCC2)C1. The van der Waals surface area contributed by atoms with Crippen molar-refractivity contribution in [3.05, 3.63) is 0 Å². The van der Waals surface area contributed by atoms with Crippen molar-refractivity contribution < 1.29 is 9.90 Å². The average Bonchev–Trinajstić information content (AvgIpc) is 2.48. The molecule has 0 aromatic rings. The number of hydrogen-bond donors (Lipinski definition) is 2.